The third kappa shape index (κ3) is 2.89. The SMILES string of the molecule is NC(=S)c1cccc(Cn2c(C(=O)O)cc3cc(N)ccc32)c1. The molecule has 1 aromatic heterocycles. The summed E-state index contributed by atoms with van der Waals surface area (Å²) in [7, 11) is 0. The van der Waals surface area contributed by atoms with Crippen LogP contribution in [0.2, 0.25) is 0 Å². The molecule has 0 unspecified atom stereocenters. The van der Waals surface area contributed by atoms with Gasteiger partial charge in [-0.15, -0.1) is 0 Å². The molecule has 3 aromatic rings. The molecule has 0 aliphatic rings. The number of hydrogen-bond acceptors (Lipinski definition) is 3. The summed E-state index contributed by atoms with van der Waals surface area (Å²) in [5, 5.41) is 10.3. The number of fused-ring (bicyclic) bond motifs is 1. The van der Waals surface area contributed by atoms with Crippen LogP contribution in [0.1, 0.15) is 21.6 Å². The Labute approximate surface area is 138 Å². The van der Waals surface area contributed by atoms with E-state index < -0.39 is 5.97 Å². The number of aromatic nitrogens is 1. The summed E-state index contributed by atoms with van der Waals surface area (Å²) < 4.78 is 1.75. The minimum atomic E-state index is -0.981. The van der Waals surface area contributed by atoms with Crippen LogP contribution in [0.25, 0.3) is 10.9 Å². The molecule has 0 atom stereocenters. The molecule has 0 aliphatic heterocycles. The highest BCUT2D eigenvalue weighted by Crippen LogP contribution is 2.24. The largest absolute Gasteiger partial charge is 0.477 e. The molecule has 6 heteroatoms. The van der Waals surface area contributed by atoms with E-state index in [-0.39, 0.29) is 5.69 Å². The molecule has 1 heterocycles. The molecule has 116 valence electrons. The number of carbonyl (C=O) groups is 1. The quantitative estimate of drug-likeness (QED) is 0.506. The van der Waals surface area contributed by atoms with E-state index in [0.29, 0.717) is 17.2 Å². The van der Waals surface area contributed by atoms with Crippen molar-refractivity contribution < 1.29 is 9.90 Å². The molecule has 0 radical (unpaired) electrons. The number of thiocarbonyl (C=S) groups is 1. The van der Waals surface area contributed by atoms with Crippen molar-refractivity contribution >= 4 is 39.8 Å². The van der Waals surface area contributed by atoms with Gasteiger partial charge in [-0.2, -0.15) is 0 Å². The molecular weight excluding hydrogens is 310 g/mol. The molecule has 3 rings (SSSR count). The van der Waals surface area contributed by atoms with E-state index in [4.69, 9.17) is 23.7 Å². The Bertz CT molecular complexity index is 931. The normalized spacial score (nSPS) is 10.8. The molecule has 0 fully saturated rings. The first kappa shape index (κ1) is 15.1. The van der Waals surface area contributed by atoms with Crippen LogP contribution < -0.4 is 11.5 Å². The van der Waals surface area contributed by atoms with E-state index in [1.54, 1.807) is 22.8 Å². The van der Waals surface area contributed by atoms with Gasteiger partial charge in [0.1, 0.15) is 10.7 Å². The fraction of sp³-hybridized carbons (Fsp3) is 0.0588. The fourth-order valence-corrected chi connectivity index (χ4v) is 2.77. The lowest BCUT2D eigenvalue weighted by atomic mass is 10.1. The van der Waals surface area contributed by atoms with Crippen molar-refractivity contribution in [1.29, 1.82) is 0 Å². The Morgan fingerprint density at radius 3 is 2.65 bits per heavy atom. The molecule has 0 saturated heterocycles. The minimum absolute atomic E-state index is 0.214. The number of carboxylic acids is 1. The van der Waals surface area contributed by atoms with Crippen LogP contribution in [-0.2, 0) is 6.54 Å². The van der Waals surface area contributed by atoms with Gasteiger partial charge in [-0.25, -0.2) is 4.79 Å². The summed E-state index contributed by atoms with van der Waals surface area (Å²) in [5.74, 6) is -0.981. The predicted octanol–water partition coefficient (Wildman–Crippen LogP) is 2.60. The van der Waals surface area contributed by atoms with E-state index in [1.165, 1.54) is 0 Å². The molecule has 0 aliphatic carbocycles. The number of rotatable bonds is 4. The first-order chi connectivity index (χ1) is 11.0. The van der Waals surface area contributed by atoms with Crippen LogP contribution in [0.5, 0.6) is 0 Å². The zero-order valence-electron chi connectivity index (χ0n) is 12.2. The zero-order valence-corrected chi connectivity index (χ0v) is 13.0. The lowest BCUT2D eigenvalue weighted by Gasteiger charge is -2.10. The van der Waals surface area contributed by atoms with E-state index in [0.717, 1.165) is 22.0 Å². The molecule has 0 amide bonds. The van der Waals surface area contributed by atoms with Crippen molar-refractivity contribution in [2.75, 3.05) is 5.73 Å². The van der Waals surface area contributed by atoms with Gasteiger partial charge in [-0.05, 0) is 35.9 Å². The highest BCUT2D eigenvalue weighted by atomic mass is 32.1. The summed E-state index contributed by atoms with van der Waals surface area (Å²) in [6, 6.07) is 14.5. The molecular formula is C17H15N3O2S. The summed E-state index contributed by atoms with van der Waals surface area (Å²) in [4.78, 5) is 11.9. The van der Waals surface area contributed by atoms with Crippen molar-refractivity contribution in [1.82, 2.24) is 4.57 Å². The summed E-state index contributed by atoms with van der Waals surface area (Å²) in [5.41, 5.74) is 14.8. The maximum atomic E-state index is 11.5. The third-order valence-electron chi connectivity index (χ3n) is 3.70. The van der Waals surface area contributed by atoms with E-state index in [1.807, 2.05) is 30.3 Å². The molecule has 0 bridgehead atoms. The molecule has 2 aromatic carbocycles. The van der Waals surface area contributed by atoms with Gasteiger partial charge in [0, 0.05) is 28.7 Å². The highest BCUT2D eigenvalue weighted by Gasteiger charge is 2.15. The monoisotopic (exact) mass is 325 g/mol. The van der Waals surface area contributed by atoms with Crippen LogP contribution in [0.4, 0.5) is 5.69 Å². The van der Waals surface area contributed by atoms with E-state index in [9.17, 15) is 9.90 Å². The Balaban J connectivity index is 2.11. The smallest absolute Gasteiger partial charge is 0.352 e. The second-order valence-electron chi connectivity index (χ2n) is 5.30. The predicted molar refractivity (Wildman–Crippen MR) is 94.7 cm³/mol. The van der Waals surface area contributed by atoms with Crippen LogP contribution in [0.3, 0.4) is 0 Å². The number of hydrogen-bond donors (Lipinski definition) is 3. The number of benzene rings is 2. The number of nitrogen functional groups attached to an aromatic ring is 1. The van der Waals surface area contributed by atoms with Crippen molar-refractivity contribution in [2.24, 2.45) is 5.73 Å². The maximum absolute atomic E-state index is 11.5. The zero-order chi connectivity index (χ0) is 16.6. The number of nitrogens with zero attached hydrogens (tertiary/aromatic N) is 1. The van der Waals surface area contributed by atoms with Gasteiger partial charge in [0.2, 0.25) is 0 Å². The Kier molecular flexibility index (Phi) is 3.75. The average Bonchev–Trinajstić information content (AvgIpc) is 2.85. The lowest BCUT2D eigenvalue weighted by molar-refractivity contribution is 0.0686. The Hall–Kier alpha value is -2.86. The van der Waals surface area contributed by atoms with Crippen molar-refractivity contribution in [2.45, 2.75) is 6.54 Å². The number of nitrogens with two attached hydrogens (primary N) is 2. The van der Waals surface area contributed by atoms with Crippen molar-refractivity contribution in [3.05, 3.63) is 65.4 Å². The van der Waals surface area contributed by atoms with Crippen molar-refractivity contribution in [3.63, 3.8) is 0 Å². The van der Waals surface area contributed by atoms with Crippen LogP contribution in [0, 0.1) is 0 Å². The first-order valence-electron chi connectivity index (χ1n) is 6.96. The van der Waals surface area contributed by atoms with Crippen LogP contribution in [-0.4, -0.2) is 20.6 Å². The third-order valence-corrected chi connectivity index (χ3v) is 3.93. The minimum Gasteiger partial charge on any atom is -0.477 e. The standard InChI is InChI=1S/C17H15N3O2S/c18-13-4-5-14-12(7-13)8-15(17(21)22)20(14)9-10-2-1-3-11(6-10)16(19)23/h1-8H,9,18H2,(H2,19,23)(H,21,22). The van der Waals surface area contributed by atoms with Gasteiger partial charge in [0.05, 0.1) is 0 Å². The van der Waals surface area contributed by atoms with Gasteiger partial charge >= 0.3 is 5.97 Å². The molecule has 23 heavy (non-hydrogen) atoms. The van der Waals surface area contributed by atoms with Crippen LogP contribution >= 0.6 is 12.2 Å². The topological polar surface area (TPSA) is 94.3 Å². The van der Waals surface area contributed by atoms with Crippen molar-refractivity contribution in [3.8, 4) is 0 Å². The van der Waals surface area contributed by atoms with Gasteiger partial charge < -0.3 is 21.1 Å². The lowest BCUT2D eigenvalue weighted by Crippen LogP contribution is -2.12. The maximum Gasteiger partial charge on any atom is 0.352 e. The highest BCUT2D eigenvalue weighted by molar-refractivity contribution is 7.80. The van der Waals surface area contributed by atoms with E-state index in [2.05, 4.69) is 0 Å². The Morgan fingerprint density at radius 1 is 1.17 bits per heavy atom. The number of aromatic carboxylic acids is 1. The molecule has 5 N–H and O–H groups in total. The summed E-state index contributed by atoms with van der Waals surface area (Å²) >= 11 is 4.99. The first-order valence-corrected chi connectivity index (χ1v) is 7.37. The average molecular weight is 325 g/mol. The number of anilines is 1. The second kappa shape index (κ2) is 5.73. The molecule has 0 saturated carbocycles. The Morgan fingerprint density at radius 2 is 1.96 bits per heavy atom. The summed E-state index contributed by atoms with van der Waals surface area (Å²) in [6.07, 6.45) is 0. The second-order valence-corrected chi connectivity index (χ2v) is 5.74. The number of carboxylic acid groups (broad SMARTS) is 1. The summed E-state index contributed by atoms with van der Waals surface area (Å²) in [6.45, 7) is 0.408. The molecule has 5 nitrogen and oxygen atoms in total. The van der Waals surface area contributed by atoms with Gasteiger partial charge in [0.25, 0.3) is 0 Å². The van der Waals surface area contributed by atoms with E-state index >= 15 is 0 Å². The fourth-order valence-electron chi connectivity index (χ4n) is 2.64. The van der Waals surface area contributed by atoms with Gasteiger partial charge in [-0.3, -0.25) is 0 Å². The van der Waals surface area contributed by atoms with Crippen LogP contribution in [0.15, 0.2) is 48.5 Å². The van der Waals surface area contributed by atoms with Gasteiger partial charge in [-0.1, -0.05) is 30.4 Å². The molecule has 0 spiro atoms. The van der Waals surface area contributed by atoms with Gasteiger partial charge in [0.15, 0.2) is 0 Å².